The molecule has 0 radical (unpaired) electrons. The number of carbonyl (C=O) groups is 2. The number of nitrogens with zero attached hydrogens (tertiary/aromatic N) is 2. The van der Waals surface area contributed by atoms with Crippen LogP contribution in [-0.4, -0.2) is 23.3 Å². The molecule has 3 rings (SSSR count). The fourth-order valence-corrected chi connectivity index (χ4v) is 3.94. The smallest absolute Gasteiger partial charge is 0.232 e. The summed E-state index contributed by atoms with van der Waals surface area (Å²) in [4.78, 5) is 31.8. The molecular formula is C20H25N3O2S. The van der Waals surface area contributed by atoms with Gasteiger partial charge in [0.05, 0.1) is 5.69 Å². The summed E-state index contributed by atoms with van der Waals surface area (Å²) in [5.74, 6) is 0.119. The first kappa shape index (κ1) is 18.6. The minimum atomic E-state index is -0.391. The van der Waals surface area contributed by atoms with Gasteiger partial charge in [-0.15, -0.1) is 11.3 Å². The molecule has 1 aromatic heterocycles. The number of nitrogens with one attached hydrogen (secondary N) is 1. The second kappa shape index (κ2) is 6.83. The van der Waals surface area contributed by atoms with Gasteiger partial charge in [-0.3, -0.25) is 9.59 Å². The fourth-order valence-electron chi connectivity index (χ4n) is 3.09. The Balaban J connectivity index is 1.89. The molecule has 1 aliphatic rings. The van der Waals surface area contributed by atoms with Crippen molar-refractivity contribution >= 4 is 34.0 Å². The van der Waals surface area contributed by atoms with Crippen molar-refractivity contribution in [2.45, 2.75) is 47.5 Å². The standard InChI is InChI=1S/C20H25N3O2S/c1-6-16(24)21-19-22-17(12(2)26-19)14-7-8-15-13(11-14)9-10-23(15)18(25)20(3,4)5/h7-8,11H,6,9-10H2,1-5H3,(H,21,22,24). The molecule has 5 nitrogen and oxygen atoms in total. The van der Waals surface area contributed by atoms with Gasteiger partial charge in [-0.1, -0.05) is 33.8 Å². The number of fused-ring (bicyclic) bond motifs is 1. The molecule has 2 amide bonds. The van der Waals surface area contributed by atoms with Crippen molar-refractivity contribution in [1.29, 1.82) is 0 Å². The molecule has 0 saturated heterocycles. The summed E-state index contributed by atoms with van der Waals surface area (Å²) >= 11 is 1.49. The highest BCUT2D eigenvalue weighted by Gasteiger charge is 2.32. The summed E-state index contributed by atoms with van der Waals surface area (Å²) in [6, 6.07) is 6.16. The predicted molar refractivity (Wildman–Crippen MR) is 107 cm³/mol. The molecule has 0 fully saturated rings. The van der Waals surface area contributed by atoms with Gasteiger partial charge in [-0.05, 0) is 31.0 Å². The van der Waals surface area contributed by atoms with E-state index in [-0.39, 0.29) is 11.8 Å². The van der Waals surface area contributed by atoms with Crippen molar-refractivity contribution in [2.75, 3.05) is 16.8 Å². The Morgan fingerprint density at radius 2 is 2.04 bits per heavy atom. The molecule has 0 bridgehead atoms. The average molecular weight is 372 g/mol. The van der Waals surface area contributed by atoms with Crippen LogP contribution < -0.4 is 10.2 Å². The number of hydrogen-bond acceptors (Lipinski definition) is 4. The number of aryl methyl sites for hydroxylation is 1. The Labute approximate surface area is 158 Å². The summed E-state index contributed by atoms with van der Waals surface area (Å²) in [7, 11) is 0. The van der Waals surface area contributed by atoms with Gasteiger partial charge in [0, 0.05) is 34.5 Å². The molecule has 0 atom stereocenters. The first-order chi connectivity index (χ1) is 12.2. The van der Waals surface area contributed by atoms with Crippen LogP contribution in [0, 0.1) is 12.3 Å². The van der Waals surface area contributed by atoms with Crippen LogP contribution in [0.3, 0.4) is 0 Å². The van der Waals surface area contributed by atoms with E-state index in [1.165, 1.54) is 16.9 Å². The molecule has 26 heavy (non-hydrogen) atoms. The van der Waals surface area contributed by atoms with Crippen LogP contribution >= 0.6 is 11.3 Å². The lowest BCUT2D eigenvalue weighted by atomic mass is 9.94. The third-order valence-corrected chi connectivity index (χ3v) is 5.39. The average Bonchev–Trinajstić information content (AvgIpc) is 3.15. The summed E-state index contributed by atoms with van der Waals surface area (Å²) in [5.41, 5.74) is 3.70. The monoisotopic (exact) mass is 371 g/mol. The van der Waals surface area contributed by atoms with E-state index in [9.17, 15) is 9.59 Å². The Hall–Kier alpha value is -2.21. The van der Waals surface area contributed by atoms with Gasteiger partial charge < -0.3 is 10.2 Å². The van der Waals surface area contributed by atoms with Crippen molar-refractivity contribution in [1.82, 2.24) is 4.98 Å². The van der Waals surface area contributed by atoms with Crippen molar-refractivity contribution in [3.8, 4) is 11.3 Å². The predicted octanol–water partition coefficient (Wildman–Crippen LogP) is 4.40. The van der Waals surface area contributed by atoms with Crippen LogP contribution in [0.25, 0.3) is 11.3 Å². The largest absolute Gasteiger partial charge is 0.311 e. The van der Waals surface area contributed by atoms with E-state index in [0.717, 1.165) is 34.8 Å². The van der Waals surface area contributed by atoms with Crippen molar-refractivity contribution in [2.24, 2.45) is 5.41 Å². The molecule has 1 N–H and O–H groups in total. The molecule has 0 saturated carbocycles. The van der Waals surface area contributed by atoms with Gasteiger partial charge in [-0.25, -0.2) is 4.98 Å². The second-order valence-corrected chi connectivity index (χ2v) is 8.83. The van der Waals surface area contributed by atoms with Crippen LogP contribution in [0.5, 0.6) is 0 Å². The SMILES string of the molecule is CCC(=O)Nc1nc(-c2ccc3c(c2)CCN3C(=O)C(C)(C)C)c(C)s1. The Bertz CT molecular complexity index is 864. The molecule has 2 heterocycles. The van der Waals surface area contributed by atoms with E-state index in [1.807, 2.05) is 51.7 Å². The number of thiazole rings is 1. The third-order valence-electron chi connectivity index (χ3n) is 4.50. The van der Waals surface area contributed by atoms with E-state index in [1.54, 1.807) is 0 Å². The van der Waals surface area contributed by atoms with Crippen LogP contribution in [-0.2, 0) is 16.0 Å². The molecule has 2 aromatic rings. The lowest BCUT2D eigenvalue weighted by molar-refractivity contribution is -0.125. The molecule has 0 aliphatic carbocycles. The zero-order chi connectivity index (χ0) is 19.1. The molecule has 1 aliphatic heterocycles. The van der Waals surface area contributed by atoms with Crippen LogP contribution in [0.2, 0.25) is 0 Å². The molecule has 138 valence electrons. The Morgan fingerprint density at radius 3 is 2.69 bits per heavy atom. The normalized spacial score (nSPS) is 13.7. The number of rotatable bonds is 3. The maximum atomic E-state index is 12.6. The van der Waals surface area contributed by atoms with Gasteiger partial charge in [-0.2, -0.15) is 0 Å². The summed E-state index contributed by atoms with van der Waals surface area (Å²) < 4.78 is 0. The quantitative estimate of drug-likeness (QED) is 0.870. The van der Waals surface area contributed by atoms with Gasteiger partial charge in [0.15, 0.2) is 5.13 Å². The molecule has 1 aromatic carbocycles. The maximum absolute atomic E-state index is 12.6. The second-order valence-electron chi connectivity index (χ2n) is 7.63. The lowest BCUT2D eigenvalue weighted by Gasteiger charge is -2.26. The van der Waals surface area contributed by atoms with Gasteiger partial charge in [0.25, 0.3) is 0 Å². The molecular weight excluding hydrogens is 346 g/mol. The number of anilines is 2. The maximum Gasteiger partial charge on any atom is 0.232 e. The van der Waals surface area contributed by atoms with Crippen LogP contribution in [0.1, 0.15) is 44.6 Å². The number of aromatic nitrogens is 1. The number of benzene rings is 1. The lowest BCUT2D eigenvalue weighted by Crippen LogP contribution is -2.38. The van der Waals surface area contributed by atoms with Crippen LogP contribution in [0.4, 0.5) is 10.8 Å². The van der Waals surface area contributed by atoms with E-state index < -0.39 is 5.41 Å². The van der Waals surface area contributed by atoms with Gasteiger partial charge in [0.2, 0.25) is 11.8 Å². The van der Waals surface area contributed by atoms with Crippen LogP contribution in [0.15, 0.2) is 18.2 Å². The molecule has 6 heteroatoms. The minimum absolute atomic E-state index is 0.0319. The van der Waals surface area contributed by atoms with Crippen molar-refractivity contribution < 1.29 is 9.59 Å². The molecule has 0 spiro atoms. The van der Waals surface area contributed by atoms with Crippen molar-refractivity contribution in [3.05, 3.63) is 28.6 Å². The number of amides is 2. The zero-order valence-corrected chi connectivity index (χ0v) is 16.8. The van der Waals surface area contributed by atoms with E-state index >= 15 is 0 Å². The number of hydrogen-bond donors (Lipinski definition) is 1. The topological polar surface area (TPSA) is 62.3 Å². The Morgan fingerprint density at radius 1 is 1.31 bits per heavy atom. The highest BCUT2D eigenvalue weighted by atomic mass is 32.1. The Kier molecular flexibility index (Phi) is 4.88. The van der Waals surface area contributed by atoms with Crippen molar-refractivity contribution in [3.63, 3.8) is 0 Å². The first-order valence-corrected chi connectivity index (χ1v) is 9.75. The summed E-state index contributed by atoms with van der Waals surface area (Å²) in [6.07, 6.45) is 1.29. The highest BCUT2D eigenvalue weighted by molar-refractivity contribution is 7.16. The van der Waals surface area contributed by atoms with E-state index in [0.29, 0.717) is 11.6 Å². The summed E-state index contributed by atoms with van der Waals surface area (Å²) in [6.45, 7) is 10.4. The first-order valence-electron chi connectivity index (χ1n) is 8.93. The summed E-state index contributed by atoms with van der Waals surface area (Å²) in [5, 5.41) is 3.46. The molecule has 0 unspecified atom stereocenters. The minimum Gasteiger partial charge on any atom is -0.311 e. The van der Waals surface area contributed by atoms with E-state index in [2.05, 4.69) is 16.4 Å². The van der Waals surface area contributed by atoms with E-state index in [4.69, 9.17) is 0 Å². The third kappa shape index (κ3) is 3.51. The zero-order valence-electron chi connectivity index (χ0n) is 16.0. The fraction of sp³-hybridized carbons (Fsp3) is 0.450. The highest BCUT2D eigenvalue weighted by Crippen LogP contribution is 2.37. The van der Waals surface area contributed by atoms with Gasteiger partial charge in [0.1, 0.15) is 0 Å². The van der Waals surface area contributed by atoms with Gasteiger partial charge >= 0.3 is 0 Å². The number of carbonyl (C=O) groups excluding carboxylic acids is 2.